The Labute approximate surface area is 120 Å². The van der Waals surface area contributed by atoms with E-state index in [-0.39, 0.29) is 23.2 Å². The third kappa shape index (κ3) is 3.61. The molecule has 1 aliphatic rings. The zero-order chi connectivity index (χ0) is 14.6. The van der Waals surface area contributed by atoms with Crippen molar-refractivity contribution in [3.8, 4) is 0 Å². The minimum Gasteiger partial charge on any atom is -0.468 e. The smallest absolute Gasteiger partial charge is 0.325 e. The van der Waals surface area contributed by atoms with Crippen LogP contribution in [0.3, 0.4) is 0 Å². The van der Waals surface area contributed by atoms with Crippen LogP contribution in [0.15, 0.2) is 10.1 Å². The van der Waals surface area contributed by atoms with Gasteiger partial charge in [0, 0.05) is 0 Å². The molecule has 0 bridgehead atoms. The molecule has 0 aromatic heterocycles. The van der Waals surface area contributed by atoms with Gasteiger partial charge in [0.1, 0.15) is 17.6 Å². The first kappa shape index (κ1) is 15.8. The van der Waals surface area contributed by atoms with Gasteiger partial charge in [-0.25, -0.2) is 0 Å². The molecule has 1 N–H and O–H groups in total. The van der Waals surface area contributed by atoms with Crippen LogP contribution in [-0.2, 0) is 19.1 Å². The number of rotatable bonds is 5. The van der Waals surface area contributed by atoms with Crippen LogP contribution < -0.4 is 5.32 Å². The molecule has 1 aliphatic heterocycles. The summed E-state index contributed by atoms with van der Waals surface area (Å²) in [6, 6.07) is -0.720. The van der Waals surface area contributed by atoms with Crippen molar-refractivity contribution in [3.63, 3.8) is 0 Å². The Bertz CT molecular complexity index is 436. The molecule has 0 aromatic rings. The normalized spacial score (nSPS) is 16.6. The number of ether oxygens (including phenoxy) is 1. The molecule has 1 heterocycles. The van der Waals surface area contributed by atoms with Gasteiger partial charge in [0.2, 0.25) is 5.91 Å². The van der Waals surface area contributed by atoms with E-state index >= 15 is 0 Å². The van der Waals surface area contributed by atoms with Crippen LogP contribution in [0.2, 0.25) is 0 Å². The molecule has 0 radical (unpaired) electrons. The summed E-state index contributed by atoms with van der Waals surface area (Å²) in [7, 11) is 1.22. The molecule has 2 amide bonds. The van der Waals surface area contributed by atoms with Crippen molar-refractivity contribution in [2.45, 2.75) is 19.4 Å². The first-order chi connectivity index (χ1) is 8.92. The maximum absolute atomic E-state index is 11.9. The molecular formula is C11H14Cl2N2O4. The second-order valence-electron chi connectivity index (χ2n) is 3.87. The summed E-state index contributed by atoms with van der Waals surface area (Å²) < 4.78 is 4.41. The molecule has 19 heavy (non-hydrogen) atoms. The van der Waals surface area contributed by atoms with Crippen molar-refractivity contribution in [2.75, 3.05) is 20.2 Å². The van der Waals surface area contributed by atoms with E-state index in [1.807, 2.05) is 0 Å². The van der Waals surface area contributed by atoms with Gasteiger partial charge in [-0.05, 0) is 6.42 Å². The molecule has 0 spiro atoms. The molecule has 0 aliphatic carbocycles. The number of methoxy groups -OCH3 is 1. The SMILES string of the molecule is CC[C@@H](C(=O)NCC(=O)OC)N1CC(Cl)=C(Cl)C1=O. The van der Waals surface area contributed by atoms with Crippen LogP contribution in [0.4, 0.5) is 0 Å². The quantitative estimate of drug-likeness (QED) is 0.754. The lowest BCUT2D eigenvalue weighted by Crippen LogP contribution is -2.48. The Balaban J connectivity index is 2.67. The van der Waals surface area contributed by atoms with Gasteiger partial charge >= 0.3 is 5.97 Å². The number of halogens is 2. The summed E-state index contributed by atoms with van der Waals surface area (Å²) in [6.07, 6.45) is 0.382. The van der Waals surface area contributed by atoms with Gasteiger partial charge in [-0.2, -0.15) is 0 Å². The second kappa shape index (κ2) is 6.77. The van der Waals surface area contributed by atoms with E-state index in [9.17, 15) is 14.4 Å². The average molecular weight is 309 g/mol. The molecule has 8 heteroatoms. The van der Waals surface area contributed by atoms with E-state index in [4.69, 9.17) is 23.2 Å². The molecule has 6 nitrogen and oxygen atoms in total. The first-order valence-electron chi connectivity index (χ1n) is 5.62. The van der Waals surface area contributed by atoms with Crippen molar-refractivity contribution in [3.05, 3.63) is 10.1 Å². The number of amides is 2. The predicted octanol–water partition coefficient (Wildman–Crippen LogP) is 0.586. The third-order valence-electron chi connectivity index (χ3n) is 2.70. The number of nitrogens with zero attached hydrogens (tertiary/aromatic N) is 1. The van der Waals surface area contributed by atoms with Gasteiger partial charge in [0.05, 0.1) is 18.7 Å². The van der Waals surface area contributed by atoms with Crippen molar-refractivity contribution >= 4 is 41.0 Å². The standard InChI is InChI=1S/C11H14Cl2N2O4/c1-3-7(10(17)14-4-8(16)19-2)15-5-6(12)9(13)11(15)18/h7H,3-5H2,1-2H3,(H,14,17)/t7-/m0/s1. The third-order valence-corrected chi connectivity index (χ3v) is 3.49. The highest BCUT2D eigenvalue weighted by Gasteiger charge is 2.36. The monoisotopic (exact) mass is 308 g/mol. The van der Waals surface area contributed by atoms with Gasteiger partial charge in [-0.1, -0.05) is 30.1 Å². The largest absolute Gasteiger partial charge is 0.468 e. The van der Waals surface area contributed by atoms with Crippen LogP contribution in [0.25, 0.3) is 0 Å². The second-order valence-corrected chi connectivity index (χ2v) is 4.70. The summed E-state index contributed by atoms with van der Waals surface area (Å²) in [6.45, 7) is 1.60. The molecule has 0 fully saturated rings. The van der Waals surface area contributed by atoms with E-state index in [0.29, 0.717) is 6.42 Å². The topological polar surface area (TPSA) is 75.7 Å². The molecule has 0 saturated carbocycles. The Morgan fingerprint density at radius 1 is 1.47 bits per heavy atom. The fourth-order valence-electron chi connectivity index (χ4n) is 1.68. The molecule has 1 atom stereocenters. The summed E-state index contributed by atoms with van der Waals surface area (Å²) in [5.74, 6) is -1.49. The van der Waals surface area contributed by atoms with Gasteiger partial charge in [0.15, 0.2) is 0 Å². The van der Waals surface area contributed by atoms with Gasteiger partial charge in [-0.15, -0.1) is 0 Å². The number of carbonyl (C=O) groups excluding carboxylic acids is 3. The van der Waals surface area contributed by atoms with Crippen LogP contribution >= 0.6 is 23.2 Å². The van der Waals surface area contributed by atoms with Gasteiger partial charge in [-0.3, -0.25) is 14.4 Å². The maximum atomic E-state index is 11.9. The van der Waals surface area contributed by atoms with Crippen molar-refractivity contribution in [1.29, 1.82) is 0 Å². The lowest BCUT2D eigenvalue weighted by Gasteiger charge is -2.25. The van der Waals surface area contributed by atoms with E-state index in [2.05, 4.69) is 10.1 Å². The van der Waals surface area contributed by atoms with Gasteiger partial charge < -0.3 is 15.0 Å². The Kier molecular flexibility index (Phi) is 5.62. The Morgan fingerprint density at radius 2 is 2.11 bits per heavy atom. The average Bonchev–Trinajstić information content (AvgIpc) is 2.65. The highest BCUT2D eigenvalue weighted by Crippen LogP contribution is 2.27. The maximum Gasteiger partial charge on any atom is 0.325 e. The van der Waals surface area contributed by atoms with E-state index < -0.39 is 23.8 Å². The summed E-state index contributed by atoms with van der Waals surface area (Å²) in [5.41, 5.74) is 0. The molecule has 0 unspecified atom stereocenters. The number of esters is 1. The number of carbonyl (C=O) groups is 3. The van der Waals surface area contributed by atoms with Crippen LogP contribution in [0.1, 0.15) is 13.3 Å². The fraction of sp³-hybridized carbons (Fsp3) is 0.545. The number of hydrogen-bond acceptors (Lipinski definition) is 4. The van der Waals surface area contributed by atoms with Gasteiger partial charge in [0.25, 0.3) is 5.91 Å². The fourth-order valence-corrected chi connectivity index (χ4v) is 2.06. The molecule has 1 rings (SSSR count). The van der Waals surface area contributed by atoms with Crippen molar-refractivity contribution in [1.82, 2.24) is 10.2 Å². The highest BCUT2D eigenvalue weighted by atomic mass is 35.5. The van der Waals surface area contributed by atoms with Crippen molar-refractivity contribution < 1.29 is 19.1 Å². The lowest BCUT2D eigenvalue weighted by molar-refractivity contribution is -0.142. The van der Waals surface area contributed by atoms with Crippen LogP contribution in [-0.4, -0.2) is 48.9 Å². The lowest BCUT2D eigenvalue weighted by atomic mass is 10.2. The zero-order valence-electron chi connectivity index (χ0n) is 10.5. The van der Waals surface area contributed by atoms with Crippen LogP contribution in [0, 0.1) is 0 Å². The number of nitrogens with one attached hydrogen (secondary N) is 1. The minimum atomic E-state index is -0.720. The minimum absolute atomic E-state index is 0.0686. The first-order valence-corrected chi connectivity index (χ1v) is 6.37. The van der Waals surface area contributed by atoms with E-state index in [1.54, 1.807) is 6.92 Å². The summed E-state index contributed by atoms with van der Waals surface area (Å²) in [4.78, 5) is 35.9. The summed E-state index contributed by atoms with van der Waals surface area (Å²) >= 11 is 11.5. The zero-order valence-corrected chi connectivity index (χ0v) is 12.0. The Morgan fingerprint density at radius 3 is 2.53 bits per heavy atom. The molecular weight excluding hydrogens is 295 g/mol. The predicted molar refractivity (Wildman–Crippen MR) is 69.5 cm³/mol. The van der Waals surface area contributed by atoms with E-state index in [0.717, 1.165) is 0 Å². The van der Waals surface area contributed by atoms with E-state index in [1.165, 1.54) is 12.0 Å². The highest BCUT2D eigenvalue weighted by molar-refractivity contribution is 6.49. The molecule has 0 saturated heterocycles. The summed E-state index contributed by atoms with van der Waals surface area (Å²) in [5, 5.41) is 2.54. The number of hydrogen-bond donors (Lipinski definition) is 1. The molecule has 0 aromatic carbocycles. The van der Waals surface area contributed by atoms with Crippen LogP contribution in [0.5, 0.6) is 0 Å². The van der Waals surface area contributed by atoms with Crippen molar-refractivity contribution in [2.24, 2.45) is 0 Å². The Hall–Kier alpha value is -1.27. The molecule has 106 valence electrons.